The van der Waals surface area contributed by atoms with Gasteiger partial charge in [0.05, 0.1) is 14.0 Å². The predicted molar refractivity (Wildman–Crippen MR) is 81.2 cm³/mol. The van der Waals surface area contributed by atoms with Crippen LogP contribution < -0.4 is 0 Å². The number of rotatable bonds is 2. The van der Waals surface area contributed by atoms with Crippen LogP contribution in [0, 0.1) is 0 Å². The number of hydrogen-bond donors (Lipinski definition) is 0. The maximum absolute atomic E-state index is 6.40. The molecule has 0 nitrogen and oxygen atoms in total. The molecule has 0 amide bonds. The van der Waals surface area contributed by atoms with E-state index in [9.17, 15) is 0 Å². The molecule has 1 atom stereocenters. The first-order valence-electron chi connectivity index (χ1n) is 4.53. The fourth-order valence-corrected chi connectivity index (χ4v) is 4.46. The van der Waals surface area contributed by atoms with Gasteiger partial charge in [-0.2, -0.15) is 0 Å². The lowest BCUT2D eigenvalue weighted by Crippen LogP contribution is -1.93. The molecule has 0 radical (unpaired) electrons. The first-order valence-corrected chi connectivity index (χ1v) is 7.70. The Morgan fingerprint density at radius 2 is 1.76 bits per heavy atom. The molecule has 0 aliphatic carbocycles. The van der Waals surface area contributed by atoms with E-state index >= 15 is 0 Å². The van der Waals surface area contributed by atoms with Crippen LogP contribution in [0.5, 0.6) is 0 Å². The molecule has 0 aliphatic rings. The van der Waals surface area contributed by atoms with Crippen LogP contribution in [0.4, 0.5) is 0 Å². The maximum atomic E-state index is 6.40. The van der Waals surface area contributed by atoms with Crippen LogP contribution in [0.25, 0.3) is 0 Å². The molecular formula is C11H5BrCl4S. The predicted octanol–water partition coefficient (Wildman–Crippen LogP) is 6.80. The molecule has 1 aromatic heterocycles. The summed E-state index contributed by atoms with van der Waals surface area (Å²) >= 11 is 29.0. The number of halogens is 5. The Bertz CT molecular complexity index is 552. The van der Waals surface area contributed by atoms with E-state index in [1.54, 1.807) is 18.2 Å². The van der Waals surface area contributed by atoms with Gasteiger partial charge in [0.2, 0.25) is 0 Å². The van der Waals surface area contributed by atoms with Crippen molar-refractivity contribution in [2.24, 2.45) is 0 Å². The highest BCUT2D eigenvalue weighted by Gasteiger charge is 2.19. The molecule has 0 N–H and O–H groups in total. The number of alkyl halides is 1. The number of thiophene rings is 1. The number of hydrogen-bond acceptors (Lipinski definition) is 1. The highest BCUT2D eigenvalue weighted by Crippen LogP contribution is 2.42. The van der Waals surface area contributed by atoms with Crippen molar-refractivity contribution in [3.05, 3.63) is 53.6 Å². The van der Waals surface area contributed by atoms with Crippen molar-refractivity contribution in [1.29, 1.82) is 0 Å². The van der Waals surface area contributed by atoms with Gasteiger partial charge in [0.25, 0.3) is 0 Å². The van der Waals surface area contributed by atoms with Gasteiger partial charge in [-0.1, -0.05) is 56.8 Å². The molecule has 17 heavy (non-hydrogen) atoms. The summed E-state index contributed by atoms with van der Waals surface area (Å²) in [4.78, 5) is 0. The first-order chi connectivity index (χ1) is 7.99. The first kappa shape index (κ1) is 14.0. The van der Waals surface area contributed by atoms with Crippen LogP contribution in [0.15, 0.2) is 28.7 Å². The highest BCUT2D eigenvalue weighted by molar-refractivity contribution is 9.10. The molecule has 2 aromatic rings. The smallest absolute Gasteiger partial charge is 0.0994 e. The minimum atomic E-state index is -0.349. The van der Waals surface area contributed by atoms with Crippen molar-refractivity contribution in [2.75, 3.05) is 0 Å². The van der Waals surface area contributed by atoms with Crippen molar-refractivity contribution < 1.29 is 0 Å². The molecule has 1 aromatic carbocycles. The molecule has 0 bridgehead atoms. The summed E-state index contributed by atoms with van der Waals surface area (Å²) in [6.07, 6.45) is 0. The third-order valence-electron chi connectivity index (χ3n) is 2.19. The van der Waals surface area contributed by atoms with Gasteiger partial charge in [-0.3, -0.25) is 0 Å². The summed E-state index contributed by atoms with van der Waals surface area (Å²) in [5, 5.41) is 0.303. The summed E-state index contributed by atoms with van der Waals surface area (Å²) < 4.78 is 2.08. The summed E-state index contributed by atoms with van der Waals surface area (Å²) in [7, 11) is 0. The van der Waals surface area contributed by atoms with E-state index in [4.69, 9.17) is 46.4 Å². The minimum absolute atomic E-state index is 0.349. The zero-order valence-electron chi connectivity index (χ0n) is 8.18. The van der Waals surface area contributed by atoms with Crippen molar-refractivity contribution in [2.45, 2.75) is 5.38 Å². The third kappa shape index (κ3) is 3.12. The van der Waals surface area contributed by atoms with Gasteiger partial charge < -0.3 is 0 Å². The van der Waals surface area contributed by atoms with Crippen LogP contribution >= 0.6 is 73.7 Å². The Morgan fingerprint density at radius 1 is 1.06 bits per heavy atom. The molecule has 0 saturated carbocycles. The fourth-order valence-electron chi connectivity index (χ4n) is 1.40. The van der Waals surface area contributed by atoms with Gasteiger partial charge in [0.1, 0.15) is 0 Å². The van der Waals surface area contributed by atoms with Crippen molar-refractivity contribution in [3.8, 4) is 0 Å². The van der Waals surface area contributed by atoms with Crippen LogP contribution in [0.3, 0.4) is 0 Å². The topological polar surface area (TPSA) is 0 Å². The molecule has 0 spiro atoms. The second-order valence-corrected chi connectivity index (χ2v) is 7.32. The van der Waals surface area contributed by atoms with Crippen LogP contribution in [0.2, 0.25) is 13.7 Å². The van der Waals surface area contributed by atoms with E-state index in [1.807, 2.05) is 6.07 Å². The van der Waals surface area contributed by atoms with Crippen LogP contribution in [0.1, 0.15) is 16.5 Å². The minimum Gasteiger partial charge on any atom is -0.112 e. The molecular weight excluding hydrogens is 386 g/mol. The normalized spacial score (nSPS) is 12.8. The lowest BCUT2D eigenvalue weighted by molar-refractivity contribution is 1.14. The Balaban J connectivity index is 2.43. The molecule has 2 rings (SSSR count). The standard InChI is InChI=1S/C11H5BrCl4S/c12-8-3-5(13)1-2-6(8)10(15)7-4-9(14)17-11(7)16/h1-4,10H. The highest BCUT2D eigenvalue weighted by atomic mass is 79.9. The second-order valence-electron chi connectivity index (χ2n) is 3.31. The zero-order chi connectivity index (χ0) is 12.6. The third-order valence-corrected chi connectivity index (χ3v) is 5.10. The van der Waals surface area contributed by atoms with E-state index in [2.05, 4.69) is 15.9 Å². The second kappa shape index (κ2) is 5.68. The summed E-state index contributed by atoms with van der Waals surface area (Å²) in [5.74, 6) is 0. The van der Waals surface area contributed by atoms with E-state index in [0.29, 0.717) is 13.7 Å². The van der Waals surface area contributed by atoms with E-state index in [0.717, 1.165) is 15.6 Å². The quantitative estimate of drug-likeness (QED) is 0.494. The average Bonchev–Trinajstić information content (AvgIpc) is 2.57. The van der Waals surface area contributed by atoms with Crippen LogP contribution in [-0.4, -0.2) is 0 Å². The monoisotopic (exact) mass is 388 g/mol. The average molecular weight is 391 g/mol. The zero-order valence-corrected chi connectivity index (χ0v) is 13.6. The van der Waals surface area contributed by atoms with Gasteiger partial charge in [-0.15, -0.1) is 22.9 Å². The van der Waals surface area contributed by atoms with Crippen molar-refractivity contribution in [3.63, 3.8) is 0 Å². The largest absolute Gasteiger partial charge is 0.112 e. The molecule has 1 unspecified atom stereocenters. The molecule has 0 saturated heterocycles. The fraction of sp³-hybridized carbons (Fsp3) is 0.0909. The van der Waals surface area contributed by atoms with Gasteiger partial charge in [0, 0.05) is 15.1 Å². The molecule has 90 valence electrons. The Hall–Kier alpha value is 0.560. The summed E-state index contributed by atoms with van der Waals surface area (Å²) in [6, 6.07) is 7.24. The molecule has 0 fully saturated rings. The molecule has 6 heteroatoms. The lowest BCUT2D eigenvalue weighted by Gasteiger charge is -2.11. The summed E-state index contributed by atoms with van der Waals surface area (Å²) in [6.45, 7) is 0. The molecule has 1 heterocycles. The van der Waals surface area contributed by atoms with E-state index in [1.165, 1.54) is 11.3 Å². The van der Waals surface area contributed by atoms with Gasteiger partial charge in [-0.25, -0.2) is 0 Å². The van der Waals surface area contributed by atoms with E-state index < -0.39 is 0 Å². The van der Waals surface area contributed by atoms with Crippen molar-refractivity contribution >= 4 is 73.7 Å². The van der Waals surface area contributed by atoms with E-state index in [-0.39, 0.29) is 5.38 Å². The lowest BCUT2D eigenvalue weighted by atomic mass is 10.1. The Kier molecular flexibility index (Phi) is 4.67. The Morgan fingerprint density at radius 3 is 2.29 bits per heavy atom. The van der Waals surface area contributed by atoms with Crippen molar-refractivity contribution in [1.82, 2.24) is 0 Å². The number of benzene rings is 1. The summed E-state index contributed by atoms with van der Waals surface area (Å²) in [5.41, 5.74) is 1.72. The van der Waals surface area contributed by atoms with Gasteiger partial charge >= 0.3 is 0 Å². The van der Waals surface area contributed by atoms with Crippen LogP contribution in [-0.2, 0) is 0 Å². The Labute approximate surface area is 132 Å². The van der Waals surface area contributed by atoms with Gasteiger partial charge in [-0.05, 0) is 23.8 Å². The maximum Gasteiger partial charge on any atom is 0.0994 e. The SMILES string of the molecule is Clc1ccc(C(Cl)c2cc(Cl)sc2Cl)c(Br)c1. The molecule has 0 aliphatic heterocycles. The van der Waals surface area contributed by atoms with Gasteiger partial charge in [0.15, 0.2) is 0 Å².